The fourth-order valence-corrected chi connectivity index (χ4v) is 2.23. The molecule has 114 valence electrons. The number of ether oxygens (including phenoxy) is 2. The van der Waals surface area contributed by atoms with Crippen molar-refractivity contribution in [1.82, 2.24) is 4.98 Å². The molecule has 1 aliphatic rings. The average molecular weight is 295 g/mol. The van der Waals surface area contributed by atoms with Gasteiger partial charge >= 0.3 is 11.7 Å². The summed E-state index contributed by atoms with van der Waals surface area (Å²) in [4.78, 5) is 26.1. The Bertz CT molecular complexity index is 555. The van der Waals surface area contributed by atoms with Crippen LogP contribution in [-0.4, -0.2) is 41.7 Å². The summed E-state index contributed by atoms with van der Waals surface area (Å²) in [5, 5.41) is 14.1. The van der Waals surface area contributed by atoms with Crippen molar-refractivity contribution in [1.29, 1.82) is 0 Å². The van der Waals surface area contributed by atoms with E-state index in [0.29, 0.717) is 13.2 Å². The van der Waals surface area contributed by atoms with Crippen LogP contribution in [0.3, 0.4) is 0 Å². The van der Waals surface area contributed by atoms with Crippen LogP contribution in [0.15, 0.2) is 12.1 Å². The second kappa shape index (κ2) is 6.04. The minimum atomic E-state index is -0.641. The van der Waals surface area contributed by atoms with Gasteiger partial charge in [0.1, 0.15) is 0 Å². The number of carbonyl (C=O) groups excluding carboxylic acids is 1. The van der Waals surface area contributed by atoms with Gasteiger partial charge in [-0.25, -0.2) is 9.78 Å². The molecule has 0 radical (unpaired) electrons. The normalized spacial score (nSPS) is 21.6. The topological polar surface area (TPSA) is 104 Å². The van der Waals surface area contributed by atoms with Gasteiger partial charge in [-0.1, -0.05) is 0 Å². The maximum absolute atomic E-state index is 11.5. The van der Waals surface area contributed by atoms with Gasteiger partial charge in [-0.2, -0.15) is 0 Å². The summed E-state index contributed by atoms with van der Waals surface area (Å²) in [6.45, 7) is 3.01. The van der Waals surface area contributed by atoms with Crippen LogP contribution < -0.4 is 5.32 Å². The molecule has 0 saturated carbocycles. The Kier molecular flexibility index (Phi) is 4.37. The van der Waals surface area contributed by atoms with Crippen molar-refractivity contribution in [3.05, 3.63) is 27.9 Å². The number of carbonyl (C=O) groups is 1. The molecule has 1 N–H and O–H groups in total. The molecule has 1 aromatic heterocycles. The van der Waals surface area contributed by atoms with Gasteiger partial charge in [-0.15, -0.1) is 0 Å². The maximum Gasteiger partial charge on any atom is 0.356 e. The first-order valence-corrected chi connectivity index (χ1v) is 6.55. The average Bonchev–Trinajstić information content (AvgIpc) is 2.46. The van der Waals surface area contributed by atoms with Crippen LogP contribution in [0.1, 0.15) is 30.3 Å². The second-order valence-corrected chi connectivity index (χ2v) is 5.15. The molecule has 21 heavy (non-hydrogen) atoms. The molecule has 0 spiro atoms. The second-order valence-electron chi connectivity index (χ2n) is 5.15. The number of esters is 1. The van der Waals surface area contributed by atoms with Gasteiger partial charge in [0, 0.05) is 12.7 Å². The molecule has 1 fully saturated rings. The number of aromatic nitrogens is 1. The van der Waals surface area contributed by atoms with Crippen molar-refractivity contribution in [2.75, 3.05) is 25.6 Å². The monoisotopic (exact) mass is 295 g/mol. The summed E-state index contributed by atoms with van der Waals surface area (Å²) in [5.74, 6) is -0.589. The van der Waals surface area contributed by atoms with Gasteiger partial charge in [-0.05, 0) is 25.8 Å². The van der Waals surface area contributed by atoms with E-state index in [-0.39, 0.29) is 17.2 Å². The highest BCUT2D eigenvalue weighted by Gasteiger charge is 2.31. The molecule has 1 saturated heterocycles. The van der Waals surface area contributed by atoms with Crippen LogP contribution in [0.5, 0.6) is 0 Å². The van der Waals surface area contributed by atoms with Crippen LogP contribution in [0.4, 0.5) is 11.5 Å². The predicted molar refractivity (Wildman–Crippen MR) is 74.3 cm³/mol. The maximum atomic E-state index is 11.5. The molecule has 0 aliphatic carbocycles. The van der Waals surface area contributed by atoms with E-state index in [0.717, 1.165) is 12.8 Å². The number of anilines is 1. The summed E-state index contributed by atoms with van der Waals surface area (Å²) in [6.07, 6.45) is 1.66. The minimum absolute atomic E-state index is 0.0194. The van der Waals surface area contributed by atoms with E-state index < -0.39 is 16.4 Å². The summed E-state index contributed by atoms with van der Waals surface area (Å²) >= 11 is 0. The van der Waals surface area contributed by atoms with Crippen LogP contribution in [0.2, 0.25) is 0 Å². The van der Waals surface area contributed by atoms with E-state index in [1.807, 2.05) is 6.92 Å². The Morgan fingerprint density at radius 1 is 1.57 bits per heavy atom. The van der Waals surface area contributed by atoms with Crippen LogP contribution >= 0.6 is 0 Å². The summed E-state index contributed by atoms with van der Waals surface area (Å²) in [6, 6.07) is 2.52. The highest BCUT2D eigenvalue weighted by molar-refractivity contribution is 5.88. The number of pyridine rings is 1. The summed E-state index contributed by atoms with van der Waals surface area (Å²) in [7, 11) is 1.23. The van der Waals surface area contributed by atoms with E-state index in [1.165, 1.54) is 19.2 Å². The van der Waals surface area contributed by atoms with Gasteiger partial charge in [0.25, 0.3) is 0 Å². The highest BCUT2D eigenvalue weighted by atomic mass is 16.6. The molecular weight excluding hydrogens is 278 g/mol. The molecule has 1 unspecified atom stereocenters. The first-order chi connectivity index (χ1) is 9.95. The Morgan fingerprint density at radius 2 is 2.33 bits per heavy atom. The SMILES string of the molecule is COC(=O)c1ccc([N+](=O)[O-])c(NC2(C)CCCOC2)n1. The molecule has 8 nitrogen and oxygen atoms in total. The molecule has 8 heteroatoms. The molecule has 2 heterocycles. The minimum Gasteiger partial charge on any atom is -0.464 e. The first kappa shape index (κ1) is 15.2. The third-order valence-corrected chi connectivity index (χ3v) is 3.32. The van der Waals surface area contributed by atoms with Gasteiger partial charge < -0.3 is 14.8 Å². The predicted octanol–water partition coefficient (Wildman–Crippen LogP) is 1.76. The summed E-state index contributed by atoms with van der Waals surface area (Å²) < 4.78 is 9.99. The quantitative estimate of drug-likeness (QED) is 0.512. The van der Waals surface area contributed by atoms with Crippen LogP contribution in [-0.2, 0) is 9.47 Å². The number of nitrogens with zero attached hydrogens (tertiary/aromatic N) is 2. The number of methoxy groups -OCH3 is 1. The zero-order valence-electron chi connectivity index (χ0n) is 11.9. The number of rotatable bonds is 4. The zero-order chi connectivity index (χ0) is 15.5. The lowest BCUT2D eigenvalue weighted by Crippen LogP contribution is -2.43. The van der Waals surface area contributed by atoms with E-state index in [9.17, 15) is 14.9 Å². The molecule has 0 aromatic carbocycles. The number of nitrogens with one attached hydrogen (secondary N) is 1. The third-order valence-electron chi connectivity index (χ3n) is 3.32. The molecule has 2 rings (SSSR count). The van der Waals surface area contributed by atoms with Gasteiger partial charge in [0.05, 0.1) is 24.2 Å². The Balaban J connectivity index is 2.34. The van der Waals surface area contributed by atoms with Gasteiger partial charge in [-0.3, -0.25) is 10.1 Å². The Hall–Kier alpha value is -2.22. The van der Waals surface area contributed by atoms with Crippen molar-refractivity contribution in [3.63, 3.8) is 0 Å². The lowest BCUT2D eigenvalue weighted by atomic mass is 9.95. The molecule has 0 amide bonds. The smallest absolute Gasteiger partial charge is 0.356 e. The number of nitro groups is 1. The largest absolute Gasteiger partial charge is 0.464 e. The lowest BCUT2D eigenvalue weighted by Gasteiger charge is -2.34. The van der Waals surface area contributed by atoms with Crippen molar-refractivity contribution in [2.24, 2.45) is 0 Å². The van der Waals surface area contributed by atoms with Crippen molar-refractivity contribution in [2.45, 2.75) is 25.3 Å². The highest BCUT2D eigenvalue weighted by Crippen LogP contribution is 2.29. The molecule has 1 aliphatic heterocycles. The fraction of sp³-hybridized carbons (Fsp3) is 0.538. The first-order valence-electron chi connectivity index (χ1n) is 6.55. The fourth-order valence-electron chi connectivity index (χ4n) is 2.23. The molecule has 0 bridgehead atoms. The Labute approximate surface area is 121 Å². The van der Waals surface area contributed by atoms with E-state index in [4.69, 9.17) is 4.74 Å². The zero-order valence-corrected chi connectivity index (χ0v) is 11.9. The van der Waals surface area contributed by atoms with Crippen molar-refractivity contribution >= 4 is 17.5 Å². The van der Waals surface area contributed by atoms with E-state index >= 15 is 0 Å². The number of hydrogen-bond donors (Lipinski definition) is 1. The van der Waals surface area contributed by atoms with Gasteiger partial charge in [0.2, 0.25) is 5.82 Å². The molecule has 1 atom stereocenters. The molecular formula is C13H17N3O5. The van der Waals surface area contributed by atoms with Crippen LogP contribution in [0, 0.1) is 10.1 Å². The molecule has 1 aromatic rings. The Morgan fingerprint density at radius 3 is 2.90 bits per heavy atom. The lowest BCUT2D eigenvalue weighted by molar-refractivity contribution is -0.384. The van der Waals surface area contributed by atoms with E-state index in [1.54, 1.807) is 0 Å². The van der Waals surface area contributed by atoms with E-state index in [2.05, 4.69) is 15.0 Å². The van der Waals surface area contributed by atoms with Crippen LogP contribution in [0.25, 0.3) is 0 Å². The standard InChI is InChI=1S/C13H17N3O5/c1-13(6-3-7-21-8-13)15-11-10(16(18)19)5-4-9(14-11)12(17)20-2/h4-5H,3,6-8H2,1-2H3,(H,14,15). The van der Waals surface area contributed by atoms with Crippen molar-refractivity contribution < 1.29 is 19.2 Å². The van der Waals surface area contributed by atoms with Gasteiger partial charge in [0.15, 0.2) is 5.69 Å². The van der Waals surface area contributed by atoms with Crippen molar-refractivity contribution in [3.8, 4) is 0 Å². The number of hydrogen-bond acceptors (Lipinski definition) is 7. The third kappa shape index (κ3) is 3.46. The summed E-state index contributed by atoms with van der Waals surface area (Å²) in [5.41, 5.74) is -0.620.